The van der Waals surface area contributed by atoms with Crippen molar-refractivity contribution < 1.29 is 0 Å². The molecule has 0 fully saturated rings. The average molecular weight is 301 g/mol. The normalized spacial score (nSPS) is 14.4. The summed E-state index contributed by atoms with van der Waals surface area (Å²) >= 11 is 7.90. The van der Waals surface area contributed by atoms with Gasteiger partial charge in [-0.3, -0.25) is 0 Å². The van der Waals surface area contributed by atoms with E-state index in [2.05, 4.69) is 23.5 Å². The Morgan fingerprint density at radius 3 is 3.00 bits per heavy atom. The van der Waals surface area contributed by atoms with Crippen LogP contribution in [0.1, 0.15) is 11.1 Å². The van der Waals surface area contributed by atoms with Gasteiger partial charge in [-0.15, -0.1) is 11.3 Å². The van der Waals surface area contributed by atoms with Crippen LogP contribution in [0, 0.1) is 0 Å². The van der Waals surface area contributed by atoms with Crippen molar-refractivity contribution >= 4 is 33.2 Å². The number of hydrogen-bond donors (Lipinski definition) is 1. The zero-order valence-corrected chi connectivity index (χ0v) is 12.4. The summed E-state index contributed by atoms with van der Waals surface area (Å²) in [6.07, 6.45) is 1.11. The lowest BCUT2D eigenvalue weighted by molar-refractivity contribution is 0.644. The van der Waals surface area contributed by atoms with Crippen LogP contribution in [-0.4, -0.2) is 11.5 Å². The van der Waals surface area contributed by atoms with Crippen molar-refractivity contribution in [3.8, 4) is 10.6 Å². The van der Waals surface area contributed by atoms with Gasteiger partial charge >= 0.3 is 0 Å². The molecule has 0 bridgehead atoms. The van der Waals surface area contributed by atoms with E-state index in [4.69, 9.17) is 16.6 Å². The van der Waals surface area contributed by atoms with Crippen molar-refractivity contribution in [3.63, 3.8) is 0 Å². The van der Waals surface area contributed by atoms with E-state index in [0.717, 1.165) is 39.8 Å². The molecule has 100 valence electrons. The Hall–Kier alpha value is -1.42. The Balaban J connectivity index is 1.84. The molecular formula is C16H13ClN2S. The molecule has 2 aromatic carbocycles. The molecule has 0 aliphatic carbocycles. The molecule has 1 aliphatic heterocycles. The van der Waals surface area contributed by atoms with Crippen LogP contribution in [0.2, 0.25) is 5.02 Å². The van der Waals surface area contributed by atoms with E-state index in [1.165, 1.54) is 16.7 Å². The zero-order chi connectivity index (χ0) is 13.5. The Morgan fingerprint density at radius 1 is 1.15 bits per heavy atom. The van der Waals surface area contributed by atoms with E-state index in [1.807, 2.05) is 18.2 Å². The number of nitrogens with one attached hydrogen (secondary N) is 1. The van der Waals surface area contributed by atoms with E-state index in [-0.39, 0.29) is 0 Å². The van der Waals surface area contributed by atoms with Gasteiger partial charge in [0.15, 0.2) is 0 Å². The summed E-state index contributed by atoms with van der Waals surface area (Å²) in [5.41, 5.74) is 5.00. The highest BCUT2D eigenvalue weighted by Crippen LogP contribution is 2.35. The van der Waals surface area contributed by atoms with Gasteiger partial charge in [-0.1, -0.05) is 29.8 Å². The van der Waals surface area contributed by atoms with Crippen LogP contribution in [-0.2, 0) is 13.0 Å². The first-order chi connectivity index (χ1) is 9.81. The zero-order valence-electron chi connectivity index (χ0n) is 10.8. The number of nitrogens with zero attached hydrogens (tertiary/aromatic N) is 1. The number of benzene rings is 2. The minimum atomic E-state index is 0.783. The minimum absolute atomic E-state index is 0.783. The van der Waals surface area contributed by atoms with Crippen molar-refractivity contribution in [2.45, 2.75) is 13.0 Å². The van der Waals surface area contributed by atoms with Crippen LogP contribution in [0.4, 0.5) is 0 Å². The summed E-state index contributed by atoms with van der Waals surface area (Å²) in [4.78, 5) is 4.71. The fraction of sp³-hybridized carbons (Fsp3) is 0.188. The van der Waals surface area contributed by atoms with Crippen molar-refractivity contribution in [1.82, 2.24) is 10.3 Å². The molecule has 4 rings (SSSR count). The number of thiazole rings is 1. The van der Waals surface area contributed by atoms with E-state index < -0.39 is 0 Å². The summed E-state index contributed by atoms with van der Waals surface area (Å²) < 4.78 is 1.07. The lowest BCUT2D eigenvalue weighted by Gasteiger charge is -2.17. The highest BCUT2D eigenvalue weighted by molar-refractivity contribution is 7.22. The summed E-state index contributed by atoms with van der Waals surface area (Å²) in [5.74, 6) is 0. The van der Waals surface area contributed by atoms with Gasteiger partial charge in [-0.25, -0.2) is 4.98 Å². The molecule has 0 saturated carbocycles. The highest BCUT2D eigenvalue weighted by atomic mass is 35.5. The predicted molar refractivity (Wildman–Crippen MR) is 85.5 cm³/mol. The average Bonchev–Trinajstić information content (AvgIpc) is 2.92. The Morgan fingerprint density at radius 2 is 2.10 bits per heavy atom. The number of rotatable bonds is 1. The lowest BCUT2D eigenvalue weighted by atomic mass is 9.99. The van der Waals surface area contributed by atoms with Crippen LogP contribution >= 0.6 is 22.9 Å². The number of hydrogen-bond acceptors (Lipinski definition) is 3. The van der Waals surface area contributed by atoms with Crippen molar-refractivity contribution in [2.24, 2.45) is 0 Å². The maximum Gasteiger partial charge on any atom is 0.124 e. The van der Waals surface area contributed by atoms with Crippen molar-refractivity contribution in [2.75, 3.05) is 6.54 Å². The first-order valence-electron chi connectivity index (χ1n) is 6.69. The van der Waals surface area contributed by atoms with Crippen LogP contribution in [0.25, 0.3) is 20.8 Å². The van der Waals surface area contributed by atoms with Crippen molar-refractivity contribution in [1.29, 1.82) is 0 Å². The van der Waals surface area contributed by atoms with Crippen LogP contribution < -0.4 is 5.32 Å². The molecule has 0 radical (unpaired) electrons. The van der Waals surface area contributed by atoms with E-state index in [1.54, 1.807) is 11.3 Å². The Kier molecular flexibility index (Phi) is 2.99. The molecule has 2 nitrogen and oxygen atoms in total. The third-order valence-corrected chi connectivity index (χ3v) is 5.29. The maximum absolute atomic E-state index is 6.23. The monoisotopic (exact) mass is 300 g/mol. The molecule has 4 heteroatoms. The van der Waals surface area contributed by atoms with E-state index in [0.29, 0.717) is 0 Å². The summed E-state index contributed by atoms with van der Waals surface area (Å²) in [6.45, 7) is 2.03. The van der Waals surface area contributed by atoms with E-state index >= 15 is 0 Å². The first kappa shape index (κ1) is 12.3. The standard InChI is InChI=1S/C16H13ClN2S/c17-13-2-1-3-14-15(13)20-16(19-14)11-5-4-10-6-7-18-9-12(10)8-11/h1-5,8,18H,6-7,9H2. The fourth-order valence-corrected chi connectivity index (χ4v) is 3.90. The summed E-state index contributed by atoms with van der Waals surface area (Å²) in [7, 11) is 0. The SMILES string of the molecule is Clc1cccc2nc(-c3ccc4c(c3)CNCC4)sc12. The Bertz CT molecular complexity index is 794. The molecule has 1 aliphatic rings. The van der Waals surface area contributed by atoms with Gasteiger partial charge in [-0.05, 0) is 42.3 Å². The predicted octanol–water partition coefficient (Wildman–Crippen LogP) is 4.26. The van der Waals surface area contributed by atoms with Gasteiger partial charge in [0.05, 0.1) is 15.2 Å². The van der Waals surface area contributed by atoms with Gasteiger partial charge < -0.3 is 5.32 Å². The molecule has 0 spiro atoms. The lowest BCUT2D eigenvalue weighted by Crippen LogP contribution is -2.23. The third kappa shape index (κ3) is 2.03. The number of fused-ring (bicyclic) bond motifs is 2. The fourth-order valence-electron chi connectivity index (χ4n) is 2.65. The van der Waals surface area contributed by atoms with E-state index in [9.17, 15) is 0 Å². The second-order valence-corrected chi connectivity index (χ2v) is 6.42. The molecule has 3 aromatic rings. The molecule has 2 heterocycles. The largest absolute Gasteiger partial charge is 0.312 e. The van der Waals surface area contributed by atoms with Crippen LogP contribution in [0.3, 0.4) is 0 Å². The van der Waals surface area contributed by atoms with Crippen molar-refractivity contribution in [3.05, 3.63) is 52.5 Å². The molecule has 0 saturated heterocycles. The third-order valence-electron chi connectivity index (χ3n) is 3.71. The minimum Gasteiger partial charge on any atom is -0.312 e. The smallest absolute Gasteiger partial charge is 0.124 e. The highest BCUT2D eigenvalue weighted by Gasteiger charge is 2.12. The number of halogens is 1. The molecule has 1 aromatic heterocycles. The molecule has 1 N–H and O–H groups in total. The van der Waals surface area contributed by atoms with Crippen LogP contribution in [0.15, 0.2) is 36.4 Å². The quantitative estimate of drug-likeness (QED) is 0.726. The Labute approximate surface area is 126 Å². The van der Waals surface area contributed by atoms with Gasteiger partial charge in [-0.2, -0.15) is 0 Å². The summed E-state index contributed by atoms with van der Waals surface area (Å²) in [6, 6.07) is 12.6. The van der Waals surface area contributed by atoms with Gasteiger partial charge in [0.1, 0.15) is 5.01 Å². The second kappa shape index (κ2) is 4.85. The number of aromatic nitrogens is 1. The van der Waals surface area contributed by atoms with Crippen LogP contribution in [0.5, 0.6) is 0 Å². The van der Waals surface area contributed by atoms with Gasteiger partial charge in [0, 0.05) is 12.1 Å². The molecule has 0 atom stereocenters. The molecule has 20 heavy (non-hydrogen) atoms. The maximum atomic E-state index is 6.23. The van der Waals surface area contributed by atoms with Gasteiger partial charge in [0.25, 0.3) is 0 Å². The second-order valence-electron chi connectivity index (χ2n) is 5.02. The molecular weight excluding hydrogens is 288 g/mol. The topological polar surface area (TPSA) is 24.9 Å². The first-order valence-corrected chi connectivity index (χ1v) is 7.89. The van der Waals surface area contributed by atoms with Gasteiger partial charge in [0.2, 0.25) is 0 Å². The summed E-state index contributed by atoms with van der Waals surface area (Å²) in [5, 5.41) is 5.24. The molecule has 0 unspecified atom stereocenters. The molecule has 0 amide bonds.